The van der Waals surface area contributed by atoms with Crippen LogP contribution in [0.2, 0.25) is 0 Å². The molecule has 1 aromatic carbocycles. The van der Waals surface area contributed by atoms with Gasteiger partial charge in [-0.15, -0.1) is 0 Å². The molecule has 0 aliphatic heterocycles. The second-order valence-electron chi connectivity index (χ2n) is 6.35. The van der Waals surface area contributed by atoms with Crippen LogP contribution < -0.4 is 10.6 Å². The predicted octanol–water partition coefficient (Wildman–Crippen LogP) is 2.06. The molecule has 3 amide bonds. The fourth-order valence-corrected chi connectivity index (χ4v) is 3.82. The van der Waals surface area contributed by atoms with E-state index in [0.29, 0.717) is 17.9 Å². The van der Waals surface area contributed by atoms with Crippen molar-refractivity contribution in [3.8, 4) is 0 Å². The van der Waals surface area contributed by atoms with Gasteiger partial charge in [-0.05, 0) is 24.0 Å². The highest BCUT2D eigenvalue weighted by atomic mass is 32.2. The van der Waals surface area contributed by atoms with Gasteiger partial charge in [-0.2, -0.15) is 0 Å². The summed E-state index contributed by atoms with van der Waals surface area (Å²) < 4.78 is 35.8. The van der Waals surface area contributed by atoms with Crippen LogP contribution in [0.15, 0.2) is 18.2 Å². The minimum absolute atomic E-state index is 0.0752. The summed E-state index contributed by atoms with van der Waals surface area (Å²) in [6.45, 7) is 0. The maximum Gasteiger partial charge on any atom is 0.321 e. The summed E-state index contributed by atoms with van der Waals surface area (Å²) in [6, 6.07) is 3.56. The molecule has 2 rings (SSSR count). The number of rotatable bonds is 6. The third-order valence-electron chi connectivity index (χ3n) is 4.60. The largest absolute Gasteiger partial charge is 0.341 e. The third kappa shape index (κ3) is 5.52. The van der Waals surface area contributed by atoms with Gasteiger partial charge in [0.2, 0.25) is 5.91 Å². The lowest BCUT2D eigenvalue weighted by atomic mass is 9.87. The number of carbonyl (C=O) groups excluding carboxylic acids is 2. The fourth-order valence-electron chi connectivity index (χ4n) is 3.28. The molecule has 0 spiro atoms. The molecule has 0 saturated heterocycles. The molecule has 1 unspecified atom stereocenters. The molecular formula is C17H23FN2O4S. The quantitative estimate of drug-likeness (QED) is 0.669. The van der Waals surface area contributed by atoms with Crippen molar-refractivity contribution in [2.45, 2.75) is 43.8 Å². The second kappa shape index (κ2) is 8.94. The first-order valence-corrected chi connectivity index (χ1v) is 9.69. The van der Waals surface area contributed by atoms with Gasteiger partial charge in [0, 0.05) is 12.6 Å². The molecule has 8 heteroatoms. The molecule has 0 heterocycles. The normalized spacial score (nSPS) is 16.0. The molecule has 1 aromatic rings. The van der Waals surface area contributed by atoms with Crippen LogP contribution in [0.1, 0.15) is 49.1 Å². The van der Waals surface area contributed by atoms with E-state index in [2.05, 4.69) is 10.6 Å². The summed E-state index contributed by atoms with van der Waals surface area (Å²) in [5.74, 6) is -1.79. The first-order valence-electron chi connectivity index (χ1n) is 8.33. The lowest BCUT2D eigenvalue weighted by molar-refractivity contribution is -0.121. The molecule has 25 heavy (non-hydrogen) atoms. The average molecular weight is 370 g/mol. The van der Waals surface area contributed by atoms with Gasteiger partial charge in [0.1, 0.15) is 16.5 Å². The molecule has 6 nitrogen and oxygen atoms in total. The van der Waals surface area contributed by atoms with E-state index in [9.17, 15) is 22.4 Å². The number of urea groups is 1. The predicted molar refractivity (Wildman–Crippen MR) is 92.3 cm³/mol. The van der Waals surface area contributed by atoms with Crippen molar-refractivity contribution in [2.24, 2.45) is 5.92 Å². The Morgan fingerprint density at radius 1 is 1.28 bits per heavy atom. The van der Waals surface area contributed by atoms with Crippen LogP contribution >= 0.6 is 0 Å². The lowest BCUT2D eigenvalue weighted by Gasteiger charge is -2.20. The Morgan fingerprint density at radius 3 is 2.52 bits per heavy atom. The van der Waals surface area contributed by atoms with Gasteiger partial charge >= 0.3 is 6.03 Å². The Bertz CT molecular complexity index is 707. The third-order valence-corrected chi connectivity index (χ3v) is 5.20. The summed E-state index contributed by atoms with van der Waals surface area (Å²) in [4.78, 5) is 23.9. The molecule has 0 radical (unpaired) electrons. The smallest absolute Gasteiger partial charge is 0.321 e. The monoisotopic (exact) mass is 370 g/mol. The van der Waals surface area contributed by atoms with Crippen LogP contribution in [0, 0.1) is 11.7 Å². The molecule has 1 fully saturated rings. The lowest BCUT2D eigenvalue weighted by Crippen LogP contribution is -2.40. The van der Waals surface area contributed by atoms with Gasteiger partial charge < -0.3 is 5.32 Å². The number of hydrogen-bond donors (Lipinski definition) is 3. The number of nitrogens with one attached hydrogen (secondary N) is 2. The van der Waals surface area contributed by atoms with Crippen molar-refractivity contribution in [2.75, 3.05) is 7.05 Å². The molecule has 0 bridgehead atoms. The number of imide groups is 1. The van der Waals surface area contributed by atoms with Crippen molar-refractivity contribution in [3.63, 3.8) is 0 Å². The van der Waals surface area contributed by atoms with Gasteiger partial charge in [-0.1, -0.05) is 37.8 Å². The van der Waals surface area contributed by atoms with Crippen molar-refractivity contribution in [1.82, 2.24) is 10.6 Å². The Morgan fingerprint density at radius 2 is 1.96 bits per heavy atom. The summed E-state index contributed by atoms with van der Waals surface area (Å²) in [7, 11) is -1.32. The van der Waals surface area contributed by atoms with Crippen LogP contribution in [0.4, 0.5) is 9.18 Å². The summed E-state index contributed by atoms with van der Waals surface area (Å²) in [6.07, 6.45) is 4.79. The first-order chi connectivity index (χ1) is 11.9. The zero-order chi connectivity index (χ0) is 18.4. The Labute approximate surface area is 148 Å². The van der Waals surface area contributed by atoms with E-state index in [1.807, 2.05) is 0 Å². The molecule has 1 saturated carbocycles. The van der Waals surface area contributed by atoms with E-state index in [4.69, 9.17) is 0 Å². The maximum atomic E-state index is 14.2. The Balaban J connectivity index is 2.25. The number of benzene rings is 1. The number of carbonyl (C=O) groups is 2. The van der Waals surface area contributed by atoms with Crippen LogP contribution in [-0.2, 0) is 21.3 Å². The summed E-state index contributed by atoms with van der Waals surface area (Å²) in [5, 5.41) is 4.59. The van der Waals surface area contributed by atoms with Gasteiger partial charge in [-0.3, -0.25) is 10.1 Å². The maximum absolute atomic E-state index is 14.2. The van der Waals surface area contributed by atoms with E-state index in [-0.39, 0.29) is 11.3 Å². The van der Waals surface area contributed by atoms with Crippen LogP contribution in [-0.4, -0.2) is 27.4 Å². The van der Waals surface area contributed by atoms with Crippen molar-refractivity contribution in [3.05, 3.63) is 35.1 Å². The van der Waals surface area contributed by atoms with Gasteiger partial charge in [0.15, 0.2) is 0 Å². The van der Waals surface area contributed by atoms with E-state index < -0.39 is 34.4 Å². The van der Waals surface area contributed by atoms with E-state index >= 15 is 0 Å². The molecular weight excluding hydrogens is 347 g/mol. The van der Waals surface area contributed by atoms with E-state index in [1.54, 1.807) is 6.07 Å². The van der Waals surface area contributed by atoms with Gasteiger partial charge in [-0.25, -0.2) is 17.6 Å². The molecule has 1 atom stereocenters. The van der Waals surface area contributed by atoms with E-state index in [1.165, 1.54) is 19.2 Å². The van der Waals surface area contributed by atoms with Gasteiger partial charge in [0.05, 0.1) is 11.7 Å². The standard InChI is InChI=1S/C17H23FN2O4S/c1-19-17(22)20-16(21)14(8-11-4-2-3-5-11)12-6-7-13(10-25(23)24)15(18)9-12/h6-7,9,11,14,25H,2-5,8,10H2,1H3,(H2,19,20,21,22). The second-order valence-corrected chi connectivity index (χ2v) is 7.33. The number of hydrogen-bond acceptors (Lipinski definition) is 4. The van der Waals surface area contributed by atoms with Crippen LogP contribution in [0.25, 0.3) is 0 Å². The molecule has 138 valence electrons. The minimum atomic E-state index is -2.73. The number of amides is 3. The van der Waals surface area contributed by atoms with Crippen LogP contribution in [0.5, 0.6) is 0 Å². The molecule has 1 aliphatic rings. The zero-order valence-electron chi connectivity index (χ0n) is 14.1. The molecule has 2 N–H and O–H groups in total. The summed E-state index contributed by atoms with van der Waals surface area (Å²) >= 11 is 0. The number of halogens is 1. The molecule has 0 aromatic heterocycles. The average Bonchev–Trinajstić information content (AvgIpc) is 3.07. The zero-order valence-corrected chi connectivity index (χ0v) is 15.0. The summed E-state index contributed by atoms with van der Waals surface area (Å²) in [5.41, 5.74) is 0.530. The van der Waals surface area contributed by atoms with Gasteiger partial charge in [0.25, 0.3) is 0 Å². The Kier molecular flexibility index (Phi) is 6.92. The highest BCUT2D eigenvalue weighted by Gasteiger charge is 2.28. The number of thiol groups is 1. The SMILES string of the molecule is CNC(=O)NC(=O)C(CC1CCCC1)c1ccc(C[SH](=O)=O)c(F)c1. The van der Waals surface area contributed by atoms with E-state index in [0.717, 1.165) is 25.7 Å². The van der Waals surface area contributed by atoms with Crippen molar-refractivity contribution >= 4 is 22.6 Å². The highest BCUT2D eigenvalue weighted by molar-refractivity contribution is 7.71. The highest BCUT2D eigenvalue weighted by Crippen LogP contribution is 2.34. The molecule has 1 aliphatic carbocycles. The van der Waals surface area contributed by atoms with Crippen molar-refractivity contribution in [1.29, 1.82) is 0 Å². The Hall–Kier alpha value is -1.96. The topological polar surface area (TPSA) is 92.3 Å². The van der Waals surface area contributed by atoms with Crippen molar-refractivity contribution < 1.29 is 22.4 Å². The first kappa shape index (κ1) is 19.4. The fraction of sp³-hybridized carbons (Fsp3) is 0.529. The van der Waals surface area contributed by atoms with Crippen LogP contribution in [0.3, 0.4) is 0 Å². The minimum Gasteiger partial charge on any atom is -0.341 e.